The van der Waals surface area contributed by atoms with E-state index >= 15 is 0 Å². The van der Waals surface area contributed by atoms with Gasteiger partial charge in [-0.1, -0.05) is 44.2 Å². The Morgan fingerprint density at radius 2 is 1.69 bits per heavy atom. The predicted molar refractivity (Wildman–Crippen MR) is 74.5 cm³/mol. The molecule has 16 heavy (non-hydrogen) atoms. The fourth-order valence-corrected chi connectivity index (χ4v) is 2.42. The quantitative estimate of drug-likeness (QED) is 0.776. The smallest absolute Gasteiger partial charge is 0.00784 e. The Hall–Kier alpha value is -0.990. The van der Waals surface area contributed by atoms with Crippen LogP contribution in [0.2, 0.25) is 0 Å². The van der Waals surface area contributed by atoms with Gasteiger partial charge in [0.15, 0.2) is 0 Å². The van der Waals surface area contributed by atoms with Gasteiger partial charge in [-0.2, -0.15) is 0 Å². The molecule has 0 radical (unpaired) electrons. The highest BCUT2D eigenvalue weighted by Gasteiger charge is 1.98. The minimum absolute atomic E-state index is 0. The van der Waals surface area contributed by atoms with Crippen molar-refractivity contribution in [3.8, 4) is 0 Å². The van der Waals surface area contributed by atoms with Crippen molar-refractivity contribution in [2.24, 2.45) is 5.92 Å². The van der Waals surface area contributed by atoms with Gasteiger partial charge < -0.3 is 6.15 Å². The van der Waals surface area contributed by atoms with Crippen LogP contribution >= 0.6 is 11.8 Å². The highest BCUT2D eigenvalue weighted by Crippen LogP contribution is 2.24. The third kappa shape index (κ3) is 3.26. The van der Waals surface area contributed by atoms with Gasteiger partial charge in [-0.15, -0.1) is 11.8 Å². The Kier molecular flexibility index (Phi) is 4.84. The predicted octanol–water partition coefficient (Wildman–Crippen LogP) is 4.75. The summed E-state index contributed by atoms with van der Waals surface area (Å²) in [6.07, 6.45) is 0. The minimum Gasteiger partial charge on any atom is -0.344 e. The highest BCUT2D eigenvalue weighted by atomic mass is 32.2. The van der Waals surface area contributed by atoms with Crippen LogP contribution in [-0.4, -0.2) is 5.75 Å². The standard InChI is InChI=1S/C14H16S.H3N/c1-11(2)10-15-14-8-7-12-5-3-4-6-13(12)9-14;/h3-9,11H,10H2,1-2H3;1H3. The zero-order valence-corrected chi connectivity index (χ0v) is 10.8. The van der Waals surface area contributed by atoms with Crippen LogP contribution < -0.4 is 6.15 Å². The van der Waals surface area contributed by atoms with Gasteiger partial charge in [0.25, 0.3) is 0 Å². The van der Waals surface area contributed by atoms with Gasteiger partial charge in [-0.25, -0.2) is 0 Å². The van der Waals surface area contributed by atoms with Crippen LogP contribution in [0.25, 0.3) is 10.8 Å². The number of rotatable bonds is 3. The first-order valence-electron chi connectivity index (χ1n) is 5.37. The lowest BCUT2D eigenvalue weighted by atomic mass is 10.1. The first-order valence-corrected chi connectivity index (χ1v) is 6.36. The van der Waals surface area contributed by atoms with E-state index in [1.807, 2.05) is 11.8 Å². The van der Waals surface area contributed by atoms with E-state index in [2.05, 4.69) is 56.3 Å². The van der Waals surface area contributed by atoms with E-state index in [-0.39, 0.29) is 6.15 Å². The fourth-order valence-electron chi connectivity index (χ4n) is 1.52. The average molecular weight is 233 g/mol. The van der Waals surface area contributed by atoms with Crippen molar-refractivity contribution in [1.29, 1.82) is 0 Å². The van der Waals surface area contributed by atoms with E-state index in [4.69, 9.17) is 0 Å². The van der Waals surface area contributed by atoms with Gasteiger partial charge >= 0.3 is 0 Å². The lowest BCUT2D eigenvalue weighted by molar-refractivity contribution is 0.750. The lowest BCUT2D eigenvalue weighted by Gasteiger charge is -2.05. The monoisotopic (exact) mass is 233 g/mol. The molecule has 1 nitrogen and oxygen atoms in total. The van der Waals surface area contributed by atoms with Gasteiger partial charge in [0.05, 0.1) is 0 Å². The third-order valence-electron chi connectivity index (χ3n) is 2.30. The van der Waals surface area contributed by atoms with E-state index in [0.717, 1.165) is 5.92 Å². The highest BCUT2D eigenvalue weighted by molar-refractivity contribution is 7.99. The molecule has 0 aliphatic heterocycles. The third-order valence-corrected chi connectivity index (χ3v) is 3.72. The molecular weight excluding hydrogens is 214 g/mol. The molecule has 0 bridgehead atoms. The molecule has 0 fully saturated rings. The number of hydrogen-bond donors (Lipinski definition) is 1. The van der Waals surface area contributed by atoms with Crippen molar-refractivity contribution < 1.29 is 0 Å². The van der Waals surface area contributed by atoms with Gasteiger partial charge in [-0.3, -0.25) is 0 Å². The normalized spacial score (nSPS) is 10.4. The van der Waals surface area contributed by atoms with E-state index in [0.29, 0.717) is 0 Å². The number of benzene rings is 2. The van der Waals surface area contributed by atoms with Crippen molar-refractivity contribution in [3.63, 3.8) is 0 Å². The van der Waals surface area contributed by atoms with E-state index in [1.54, 1.807) is 0 Å². The molecule has 0 saturated carbocycles. The van der Waals surface area contributed by atoms with E-state index in [1.165, 1.54) is 21.4 Å². The largest absolute Gasteiger partial charge is 0.344 e. The van der Waals surface area contributed by atoms with Crippen molar-refractivity contribution in [1.82, 2.24) is 6.15 Å². The van der Waals surface area contributed by atoms with Crippen LogP contribution in [0.5, 0.6) is 0 Å². The SMILES string of the molecule is CC(C)CSc1ccc2ccccc2c1.N. The maximum absolute atomic E-state index is 2.28. The van der Waals surface area contributed by atoms with Crippen LogP contribution in [0.4, 0.5) is 0 Å². The zero-order chi connectivity index (χ0) is 10.7. The second-order valence-electron chi connectivity index (χ2n) is 4.21. The molecule has 0 atom stereocenters. The first kappa shape index (κ1) is 13.1. The average Bonchev–Trinajstić information content (AvgIpc) is 2.26. The van der Waals surface area contributed by atoms with Gasteiger partial charge in [0.1, 0.15) is 0 Å². The Morgan fingerprint density at radius 1 is 1.00 bits per heavy atom. The Morgan fingerprint density at radius 3 is 2.38 bits per heavy atom. The Labute approximate surface area is 102 Å². The Balaban J connectivity index is 0.00000128. The molecule has 0 aromatic heterocycles. The molecule has 0 aliphatic carbocycles. The fraction of sp³-hybridized carbons (Fsp3) is 0.286. The summed E-state index contributed by atoms with van der Waals surface area (Å²) in [5, 5.41) is 2.66. The summed E-state index contributed by atoms with van der Waals surface area (Å²) in [4.78, 5) is 1.38. The van der Waals surface area contributed by atoms with E-state index < -0.39 is 0 Å². The van der Waals surface area contributed by atoms with Crippen LogP contribution in [0.15, 0.2) is 47.4 Å². The van der Waals surface area contributed by atoms with E-state index in [9.17, 15) is 0 Å². The number of thioether (sulfide) groups is 1. The van der Waals surface area contributed by atoms with Crippen LogP contribution in [0.3, 0.4) is 0 Å². The summed E-state index contributed by atoms with van der Waals surface area (Å²) in [6, 6.07) is 15.2. The lowest BCUT2D eigenvalue weighted by Crippen LogP contribution is -1.89. The summed E-state index contributed by atoms with van der Waals surface area (Å²) in [5.74, 6) is 1.94. The topological polar surface area (TPSA) is 35.0 Å². The molecule has 3 N–H and O–H groups in total. The maximum atomic E-state index is 2.28. The minimum atomic E-state index is 0. The van der Waals surface area contributed by atoms with Crippen LogP contribution in [-0.2, 0) is 0 Å². The van der Waals surface area contributed by atoms with Crippen molar-refractivity contribution in [2.45, 2.75) is 18.7 Å². The number of fused-ring (bicyclic) bond motifs is 1. The molecule has 0 saturated heterocycles. The Bertz CT molecular complexity index is 451. The van der Waals surface area contributed by atoms with Crippen LogP contribution in [0.1, 0.15) is 13.8 Å². The van der Waals surface area contributed by atoms with Crippen molar-refractivity contribution in [3.05, 3.63) is 42.5 Å². The molecule has 0 heterocycles. The van der Waals surface area contributed by atoms with Crippen molar-refractivity contribution in [2.75, 3.05) is 5.75 Å². The summed E-state index contributed by atoms with van der Waals surface area (Å²) < 4.78 is 0. The molecular formula is C14H19NS. The molecule has 0 amide bonds. The molecule has 0 unspecified atom stereocenters. The van der Waals surface area contributed by atoms with Crippen molar-refractivity contribution >= 4 is 22.5 Å². The zero-order valence-electron chi connectivity index (χ0n) is 9.94. The summed E-state index contributed by atoms with van der Waals surface area (Å²) in [5.41, 5.74) is 0. The number of hydrogen-bond acceptors (Lipinski definition) is 2. The summed E-state index contributed by atoms with van der Waals surface area (Å²) in [7, 11) is 0. The molecule has 86 valence electrons. The molecule has 0 aliphatic rings. The van der Waals surface area contributed by atoms with Gasteiger partial charge in [-0.05, 0) is 28.8 Å². The first-order chi connectivity index (χ1) is 7.25. The second kappa shape index (κ2) is 5.92. The summed E-state index contributed by atoms with van der Waals surface area (Å²) in [6.45, 7) is 4.52. The van der Waals surface area contributed by atoms with Crippen LogP contribution in [0, 0.1) is 5.92 Å². The molecule has 2 heteroatoms. The molecule has 2 rings (SSSR count). The van der Waals surface area contributed by atoms with Gasteiger partial charge in [0, 0.05) is 10.6 Å². The molecule has 2 aromatic carbocycles. The summed E-state index contributed by atoms with van der Waals surface area (Å²) >= 11 is 1.94. The molecule has 2 aromatic rings. The van der Waals surface area contributed by atoms with Gasteiger partial charge in [0.2, 0.25) is 0 Å². The second-order valence-corrected chi connectivity index (χ2v) is 5.31. The maximum Gasteiger partial charge on any atom is 0.00784 e. The molecule has 0 spiro atoms.